The van der Waals surface area contributed by atoms with E-state index in [0.717, 1.165) is 33.2 Å². The SMILES string of the molecule is COCCNc1nc(Nc2ccc3nccc(-c4ccccc4)c3c2)nc2nc[nH]c12. The number of aromatic amines is 1. The second-order valence-electron chi connectivity index (χ2n) is 7.00. The summed E-state index contributed by atoms with van der Waals surface area (Å²) in [6.45, 7) is 1.20. The molecule has 2 aromatic carbocycles. The van der Waals surface area contributed by atoms with Crippen molar-refractivity contribution in [2.75, 3.05) is 30.9 Å². The van der Waals surface area contributed by atoms with Gasteiger partial charge in [0.25, 0.3) is 0 Å². The monoisotopic (exact) mass is 411 g/mol. The molecule has 3 heterocycles. The molecular formula is C23H21N7O. The van der Waals surface area contributed by atoms with Crippen LogP contribution in [-0.2, 0) is 4.74 Å². The number of methoxy groups -OCH3 is 1. The number of hydrogen-bond acceptors (Lipinski definition) is 7. The van der Waals surface area contributed by atoms with E-state index < -0.39 is 0 Å². The summed E-state index contributed by atoms with van der Waals surface area (Å²) >= 11 is 0. The molecule has 31 heavy (non-hydrogen) atoms. The first-order chi connectivity index (χ1) is 15.3. The molecule has 0 unspecified atom stereocenters. The Bertz CT molecular complexity index is 1330. The zero-order valence-electron chi connectivity index (χ0n) is 17.0. The van der Waals surface area contributed by atoms with Gasteiger partial charge in [-0.1, -0.05) is 30.3 Å². The molecular weight excluding hydrogens is 390 g/mol. The predicted octanol–water partition coefficient (Wildman–Crippen LogP) is 4.37. The minimum Gasteiger partial charge on any atom is -0.383 e. The predicted molar refractivity (Wildman–Crippen MR) is 123 cm³/mol. The highest BCUT2D eigenvalue weighted by atomic mass is 16.5. The number of ether oxygens (including phenoxy) is 1. The van der Waals surface area contributed by atoms with Crippen LogP contribution in [0.4, 0.5) is 17.5 Å². The topological polar surface area (TPSA) is 101 Å². The number of fused-ring (bicyclic) bond motifs is 2. The Morgan fingerprint density at radius 1 is 1.00 bits per heavy atom. The molecule has 8 heteroatoms. The summed E-state index contributed by atoms with van der Waals surface area (Å²) in [4.78, 5) is 21.0. The van der Waals surface area contributed by atoms with Gasteiger partial charge in [-0.05, 0) is 35.4 Å². The van der Waals surface area contributed by atoms with Gasteiger partial charge in [0.1, 0.15) is 5.52 Å². The van der Waals surface area contributed by atoms with Crippen LogP contribution in [-0.4, -0.2) is 45.2 Å². The van der Waals surface area contributed by atoms with Gasteiger partial charge in [-0.2, -0.15) is 9.97 Å². The third-order valence-corrected chi connectivity index (χ3v) is 4.97. The van der Waals surface area contributed by atoms with Crippen LogP contribution >= 0.6 is 0 Å². The smallest absolute Gasteiger partial charge is 0.231 e. The van der Waals surface area contributed by atoms with Crippen molar-refractivity contribution in [2.24, 2.45) is 0 Å². The first kappa shape index (κ1) is 19.0. The molecule has 3 N–H and O–H groups in total. The van der Waals surface area contributed by atoms with Crippen LogP contribution in [0.5, 0.6) is 0 Å². The van der Waals surface area contributed by atoms with Gasteiger partial charge in [0.05, 0.1) is 18.5 Å². The van der Waals surface area contributed by atoms with Gasteiger partial charge in [-0.15, -0.1) is 0 Å². The minimum absolute atomic E-state index is 0.462. The number of aromatic nitrogens is 5. The highest BCUT2D eigenvalue weighted by molar-refractivity contribution is 5.96. The first-order valence-corrected chi connectivity index (χ1v) is 9.97. The molecule has 0 aliphatic carbocycles. The first-order valence-electron chi connectivity index (χ1n) is 9.97. The molecule has 5 aromatic rings. The highest BCUT2D eigenvalue weighted by Gasteiger charge is 2.11. The summed E-state index contributed by atoms with van der Waals surface area (Å²) in [5.41, 5.74) is 5.42. The molecule has 0 atom stereocenters. The fourth-order valence-corrected chi connectivity index (χ4v) is 3.51. The molecule has 0 fully saturated rings. The Hall–Kier alpha value is -4.04. The average Bonchev–Trinajstić information content (AvgIpc) is 3.28. The summed E-state index contributed by atoms with van der Waals surface area (Å²) in [5, 5.41) is 7.63. The van der Waals surface area contributed by atoms with E-state index in [1.165, 1.54) is 0 Å². The zero-order valence-corrected chi connectivity index (χ0v) is 17.0. The molecule has 3 aromatic heterocycles. The summed E-state index contributed by atoms with van der Waals surface area (Å²) in [6.07, 6.45) is 3.45. The van der Waals surface area contributed by atoms with Crippen LogP contribution in [0.25, 0.3) is 33.2 Å². The van der Waals surface area contributed by atoms with Crippen LogP contribution in [0.1, 0.15) is 0 Å². The van der Waals surface area contributed by atoms with Crippen LogP contribution in [0.2, 0.25) is 0 Å². The van der Waals surface area contributed by atoms with Gasteiger partial charge >= 0.3 is 0 Å². The Morgan fingerprint density at radius 2 is 1.90 bits per heavy atom. The largest absolute Gasteiger partial charge is 0.383 e. The molecule has 0 bridgehead atoms. The van der Waals surface area contributed by atoms with Gasteiger partial charge in [0.2, 0.25) is 5.95 Å². The quantitative estimate of drug-likeness (QED) is 0.342. The lowest BCUT2D eigenvalue weighted by Crippen LogP contribution is -2.10. The van der Waals surface area contributed by atoms with Gasteiger partial charge in [0, 0.05) is 30.9 Å². The minimum atomic E-state index is 0.462. The van der Waals surface area contributed by atoms with E-state index in [1.807, 2.05) is 42.6 Å². The van der Waals surface area contributed by atoms with E-state index >= 15 is 0 Å². The van der Waals surface area contributed by atoms with E-state index in [9.17, 15) is 0 Å². The van der Waals surface area contributed by atoms with Crippen LogP contribution in [0, 0.1) is 0 Å². The Morgan fingerprint density at radius 3 is 2.77 bits per heavy atom. The number of pyridine rings is 1. The van der Waals surface area contributed by atoms with Gasteiger partial charge in [-0.25, -0.2) is 4.98 Å². The van der Waals surface area contributed by atoms with Crippen molar-refractivity contribution < 1.29 is 4.74 Å². The Kier molecular flexibility index (Phi) is 5.12. The fourth-order valence-electron chi connectivity index (χ4n) is 3.51. The summed E-state index contributed by atoms with van der Waals surface area (Å²) < 4.78 is 5.12. The molecule has 0 spiro atoms. The third kappa shape index (κ3) is 3.88. The van der Waals surface area contributed by atoms with E-state index in [4.69, 9.17) is 4.74 Å². The number of benzene rings is 2. The van der Waals surface area contributed by atoms with Crippen molar-refractivity contribution in [3.8, 4) is 11.1 Å². The lowest BCUT2D eigenvalue weighted by atomic mass is 10.0. The van der Waals surface area contributed by atoms with E-state index in [1.54, 1.807) is 13.4 Å². The average molecular weight is 411 g/mol. The van der Waals surface area contributed by atoms with E-state index in [0.29, 0.717) is 30.6 Å². The Labute approximate surface area is 178 Å². The van der Waals surface area contributed by atoms with Gasteiger partial charge in [-0.3, -0.25) is 4.98 Å². The number of imidazole rings is 1. The molecule has 5 rings (SSSR count). The molecule has 0 radical (unpaired) electrons. The van der Waals surface area contributed by atoms with Crippen molar-refractivity contribution in [3.63, 3.8) is 0 Å². The summed E-state index contributed by atoms with van der Waals surface area (Å²) in [7, 11) is 1.67. The van der Waals surface area contributed by atoms with Crippen molar-refractivity contribution in [3.05, 3.63) is 67.1 Å². The highest BCUT2D eigenvalue weighted by Crippen LogP contribution is 2.30. The maximum absolute atomic E-state index is 5.12. The van der Waals surface area contributed by atoms with Gasteiger partial charge < -0.3 is 20.4 Å². The summed E-state index contributed by atoms with van der Waals surface area (Å²) in [5.74, 6) is 1.14. The molecule has 0 aliphatic rings. The van der Waals surface area contributed by atoms with E-state index in [2.05, 4.69) is 53.8 Å². The molecule has 0 aliphatic heterocycles. The van der Waals surface area contributed by atoms with Gasteiger partial charge in [0.15, 0.2) is 11.5 Å². The number of hydrogen-bond donors (Lipinski definition) is 3. The summed E-state index contributed by atoms with van der Waals surface area (Å²) in [6, 6.07) is 18.4. The number of H-pyrrole nitrogens is 1. The number of nitrogens with one attached hydrogen (secondary N) is 3. The standard InChI is InChI=1S/C23H21N7O/c1-31-12-11-25-21-20-22(27-14-26-20)30-23(29-21)28-16-7-8-19-18(13-16)17(9-10-24-19)15-5-3-2-4-6-15/h2-10,13-14H,11-12H2,1H3,(H3,25,26,27,28,29,30). The Balaban J connectivity index is 1.51. The molecule has 0 saturated heterocycles. The molecule has 0 saturated carbocycles. The maximum Gasteiger partial charge on any atom is 0.231 e. The van der Waals surface area contributed by atoms with Crippen molar-refractivity contribution in [1.82, 2.24) is 24.9 Å². The van der Waals surface area contributed by atoms with Crippen LogP contribution in [0.3, 0.4) is 0 Å². The van der Waals surface area contributed by atoms with Crippen LogP contribution in [0.15, 0.2) is 67.1 Å². The molecule has 0 amide bonds. The number of nitrogens with zero attached hydrogens (tertiary/aromatic N) is 4. The normalized spacial score (nSPS) is 11.1. The lowest BCUT2D eigenvalue weighted by molar-refractivity contribution is 0.210. The fraction of sp³-hybridized carbons (Fsp3) is 0.130. The number of anilines is 3. The van der Waals surface area contributed by atoms with Crippen molar-refractivity contribution >= 4 is 39.5 Å². The zero-order chi connectivity index (χ0) is 21.0. The van der Waals surface area contributed by atoms with Crippen LogP contribution < -0.4 is 10.6 Å². The third-order valence-electron chi connectivity index (χ3n) is 4.97. The molecule has 154 valence electrons. The van der Waals surface area contributed by atoms with Crippen molar-refractivity contribution in [2.45, 2.75) is 0 Å². The second kappa shape index (κ2) is 8.37. The number of rotatable bonds is 7. The maximum atomic E-state index is 5.12. The lowest BCUT2D eigenvalue weighted by Gasteiger charge is -2.11. The van der Waals surface area contributed by atoms with E-state index in [-0.39, 0.29) is 0 Å². The molecule has 8 nitrogen and oxygen atoms in total. The van der Waals surface area contributed by atoms with Crippen molar-refractivity contribution in [1.29, 1.82) is 0 Å². The second-order valence-corrected chi connectivity index (χ2v) is 7.00.